The summed E-state index contributed by atoms with van der Waals surface area (Å²) >= 11 is 1.76. The Hall–Kier alpha value is -7.14. The number of aromatic nitrogens is 3. The molecule has 262 valence electrons. The van der Waals surface area contributed by atoms with Gasteiger partial charge in [0.1, 0.15) is 0 Å². The highest BCUT2D eigenvalue weighted by Crippen LogP contribution is 2.42. The van der Waals surface area contributed by atoms with Gasteiger partial charge in [0.25, 0.3) is 0 Å². The van der Waals surface area contributed by atoms with Gasteiger partial charge in [0.15, 0.2) is 5.82 Å². The van der Waals surface area contributed by atoms with E-state index in [0.717, 1.165) is 55.1 Å². The Bertz CT molecular complexity index is 3240. The van der Waals surface area contributed by atoms with Crippen molar-refractivity contribution in [1.82, 2.24) is 14.5 Å². The molecule has 3 nitrogen and oxygen atoms in total. The number of para-hydroxylation sites is 1. The number of rotatable bonds is 6. The zero-order chi connectivity index (χ0) is 37.0. The monoisotopic (exact) mass is 731 g/mol. The molecule has 3 heterocycles. The van der Waals surface area contributed by atoms with Gasteiger partial charge in [-0.2, -0.15) is 0 Å². The third-order valence-corrected chi connectivity index (χ3v) is 12.0. The predicted octanol–water partition coefficient (Wildman–Crippen LogP) is 14.3. The molecule has 0 bridgehead atoms. The first kappa shape index (κ1) is 32.3. The second-order valence-corrected chi connectivity index (χ2v) is 15.2. The molecule has 11 rings (SSSR count). The fraction of sp³-hybridized carbons (Fsp3) is 0. The van der Waals surface area contributed by atoms with E-state index in [4.69, 9.17) is 9.97 Å². The molecule has 0 radical (unpaired) electrons. The second kappa shape index (κ2) is 13.3. The second-order valence-electron chi connectivity index (χ2n) is 14.2. The minimum atomic E-state index is 0.727. The first-order valence-corrected chi connectivity index (χ1v) is 19.7. The third kappa shape index (κ3) is 5.42. The molecule has 11 aromatic rings. The van der Waals surface area contributed by atoms with Gasteiger partial charge in [0.05, 0.1) is 26.9 Å². The zero-order valence-electron chi connectivity index (χ0n) is 30.3. The molecule has 8 aromatic carbocycles. The van der Waals surface area contributed by atoms with Crippen molar-refractivity contribution in [2.24, 2.45) is 0 Å². The fourth-order valence-corrected chi connectivity index (χ4v) is 9.35. The standard InChI is InChI=1S/C52H33N3S/c1-4-15-34(16-5-1)38-29-30-45-44(33-38)48-42(26-14-27-46(48)55(45)41-23-8-3-9-24-41)39-21-12-19-36(31-39)37-20-13-22-40(32-37)52-53-49(35-17-6-2-7-18-35)51-50(54-52)43-25-10-11-28-47(43)56-51/h1-33H. The predicted molar refractivity (Wildman–Crippen MR) is 236 cm³/mol. The maximum absolute atomic E-state index is 5.25. The van der Waals surface area contributed by atoms with Crippen LogP contribution in [0, 0.1) is 0 Å². The molecule has 56 heavy (non-hydrogen) atoms. The molecule has 3 aromatic heterocycles. The van der Waals surface area contributed by atoms with Gasteiger partial charge in [-0.25, -0.2) is 9.97 Å². The Morgan fingerprint density at radius 2 is 1.00 bits per heavy atom. The van der Waals surface area contributed by atoms with Gasteiger partial charge in [-0.15, -0.1) is 11.3 Å². The van der Waals surface area contributed by atoms with E-state index in [0.29, 0.717) is 0 Å². The summed E-state index contributed by atoms with van der Waals surface area (Å²) in [6.07, 6.45) is 0. The summed E-state index contributed by atoms with van der Waals surface area (Å²) in [4.78, 5) is 10.5. The average molecular weight is 732 g/mol. The van der Waals surface area contributed by atoms with Gasteiger partial charge in [-0.3, -0.25) is 0 Å². The highest BCUT2D eigenvalue weighted by Gasteiger charge is 2.19. The van der Waals surface area contributed by atoms with Crippen LogP contribution in [-0.4, -0.2) is 14.5 Å². The van der Waals surface area contributed by atoms with Crippen molar-refractivity contribution in [3.63, 3.8) is 0 Å². The molecule has 0 aliphatic rings. The third-order valence-electron chi connectivity index (χ3n) is 10.8. The fourth-order valence-electron chi connectivity index (χ4n) is 8.19. The molecule has 0 amide bonds. The summed E-state index contributed by atoms with van der Waals surface area (Å²) in [7, 11) is 0. The molecule has 0 aliphatic heterocycles. The lowest BCUT2D eigenvalue weighted by Crippen LogP contribution is -1.94. The van der Waals surface area contributed by atoms with Crippen LogP contribution in [-0.2, 0) is 0 Å². The van der Waals surface area contributed by atoms with Crippen molar-refractivity contribution in [2.45, 2.75) is 0 Å². The van der Waals surface area contributed by atoms with Crippen LogP contribution >= 0.6 is 11.3 Å². The van der Waals surface area contributed by atoms with E-state index in [1.54, 1.807) is 11.3 Å². The molecule has 0 atom stereocenters. The van der Waals surface area contributed by atoms with E-state index in [2.05, 4.69) is 205 Å². The molecular weight excluding hydrogens is 699 g/mol. The van der Waals surface area contributed by atoms with Gasteiger partial charge < -0.3 is 4.57 Å². The normalized spacial score (nSPS) is 11.6. The van der Waals surface area contributed by atoms with E-state index in [1.165, 1.54) is 48.8 Å². The van der Waals surface area contributed by atoms with E-state index in [9.17, 15) is 0 Å². The molecule has 0 fully saturated rings. The topological polar surface area (TPSA) is 30.7 Å². The summed E-state index contributed by atoms with van der Waals surface area (Å²) in [5.74, 6) is 0.727. The molecule has 0 N–H and O–H groups in total. The average Bonchev–Trinajstić information content (AvgIpc) is 3.83. The highest BCUT2D eigenvalue weighted by atomic mass is 32.1. The van der Waals surface area contributed by atoms with Crippen LogP contribution in [0.5, 0.6) is 0 Å². The van der Waals surface area contributed by atoms with Crippen LogP contribution < -0.4 is 0 Å². The summed E-state index contributed by atoms with van der Waals surface area (Å²) in [6.45, 7) is 0. The lowest BCUT2D eigenvalue weighted by molar-refractivity contribution is 1.18. The number of nitrogens with zero attached hydrogens (tertiary/aromatic N) is 3. The lowest BCUT2D eigenvalue weighted by atomic mass is 9.94. The summed E-state index contributed by atoms with van der Waals surface area (Å²) in [6, 6.07) is 71.5. The van der Waals surface area contributed by atoms with Crippen LogP contribution in [0.15, 0.2) is 200 Å². The minimum absolute atomic E-state index is 0.727. The number of hydrogen-bond donors (Lipinski definition) is 0. The molecule has 0 saturated heterocycles. The van der Waals surface area contributed by atoms with Gasteiger partial charge in [0, 0.05) is 37.7 Å². The van der Waals surface area contributed by atoms with Crippen LogP contribution in [0.3, 0.4) is 0 Å². The van der Waals surface area contributed by atoms with Gasteiger partial charge in [-0.05, 0) is 81.9 Å². The molecular formula is C52H33N3S. The van der Waals surface area contributed by atoms with E-state index >= 15 is 0 Å². The van der Waals surface area contributed by atoms with Crippen molar-refractivity contribution >= 4 is 53.4 Å². The SMILES string of the molecule is c1ccc(-c2ccc3c(c2)c2c(-c4cccc(-c5cccc(-c6nc(-c7ccccc7)c7sc8ccccc8c7n6)c5)c4)cccc2n3-c2ccccc2)cc1. The van der Waals surface area contributed by atoms with Crippen LogP contribution in [0.2, 0.25) is 0 Å². The largest absolute Gasteiger partial charge is 0.309 e. The maximum atomic E-state index is 5.25. The summed E-state index contributed by atoms with van der Waals surface area (Å²) < 4.78 is 4.73. The first-order valence-electron chi connectivity index (χ1n) is 18.9. The number of hydrogen-bond acceptors (Lipinski definition) is 3. The Balaban J connectivity index is 1.07. The van der Waals surface area contributed by atoms with Crippen molar-refractivity contribution in [3.8, 4) is 61.7 Å². The quantitative estimate of drug-likeness (QED) is 0.170. The van der Waals surface area contributed by atoms with Crippen LogP contribution in [0.4, 0.5) is 0 Å². The maximum Gasteiger partial charge on any atom is 0.160 e. The van der Waals surface area contributed by atoms with E-state index < -0.39 is 0 Å². The molecule has 0 spiro atoms. The number of benzene rings is 8. The van der Waals surface area contributed by atoms with Crippen LogP contribution in [0.25, 0.3) is 104 Å². The van der Waals surface area contributed by atoms with E-state index in [1.807, 2.05) is 0 Å². The van der Waals surface area contributed by atoms with Crippen LogP contribution in [0.1, 0.15) is 0 Å². The first-order chi connectivity index (χ1) is 27.8. The molecule has 0 unspecified atom stereocenters. The smallest absolute Gasteiger partial charge is 0.160 e. The van der Waals surface area contributed by atoms with E-state index in [-0.39, 0.29) is 0 Å². The molecule has 0 saturated carbocycles. The Labute approximate surface area is 328 Å². The highest BCUT2D eigenvalue weighted by molar-refractivity contribution is 7.26. The van der Waals surface area contributed by atoms with Gasteiger partial charge >= 0.3 is 0 Å². The van der Waals surface area contributed by atoms with Crippen molar-refractivity contribution < 1.29 is 0 Å². The van der Waals surface area contributed by atoms with Crippen molar-refractivity contribution in [3.05, 3.63) is 200 Å². The zero-order valence-corrected chi connectivity index (χ0v) is 31.1. The molecule has 0 aliphatic carbocycles. The lowest BCUT2D eigenvalue weighted by Gasteiger charge is -2.11. The Morgan fingerprint density at radius 1 is 0.393 bits per heavy atom. The van der Waals surface area contributed by atoms with Crippen molar-refractivity contribution in [1.29, 1.82) is 0 Å². The van der Waals surface area contributed by atoms with Crippen molar-refractivity contribution in [2.75, 3.05) is 0 Å². The minimum Gasteiger partial charge on any atom is -0.309 e. The Morgan fingerprint density at radius 3 is 1.79 bits per heavy atom. The molecule has 4 heteroatoms. The summed E-state index contributed by atoms with van der Waals surface area (Å²) in [5.41, 5.74) is 14.6. The summed E-state index contributed by atoms with van der Waals surface area (Å²) in [5, 5.41) is 3.64. The Kier molecular flexibility index (Phi) is 7.68. The number of fused-ring (bicyclic) bond motifs is 6. The number of thiophene rings is 1. The van der Waals surface area contributed by atoms with Gasteiger partial charge in [0.2, 0.25) is 0 Å². The van der Waals surface area contributed by atoms with Gasteiger partial charge in [-0.1, -0.05) is 152 Å².